The van der Waals surface area contributed by atoms with Gasteiger partial charge in [0.1, 0.15) is 11.6 Å². The van der Waals surface area contributed by atoms with Gasteiger partial charge < -0.3 is 20.5 Å². The number of carboxylic acids is 1. The van der Waals surface area contributed by atoms with E-state index in [1.807, 2.05) is 0 Å². The van der Waals surface area contributed by atoms with Gasteiger partial charge in [0.15, 0.2) is 5.69 Å². The van der Waals surface area contributed by atoms with Crippen LogP contribution in [0.3, 0.4) is 0 Å². The molecule has 2 atom stereocenters. The number of ether oxygens (including phenoxy) is 1. The highest BCUT2D eigenvalue weighted by molar-refractivity contribution is 5.84. The summed E-state index contributed by atoms with van der Waals surface area (Å²) in [6.07, 6.45) is 5.67. The zero-order valence-corrected chi connectivity index (χ0v) is 16.3. The van der Waals surface area contributed by atoms with Crippen LogP contribution in [-0.4, -0.2) is 47.4 Å². The van der Waals surface area contributed by atoms with Crippen molar-refractivity contribution in [1.29, 1.82) is 0 Å². The van der Waals surface area contributed by atoms with Crippen molar-refractivity contribution in [2.75, 3.05) is 25.5 Å². The average molecular weight is 398 g/mol. The van der Waals surface area contributed by atoms with Crippen LogP contribution in [0.15, 0.2) is 30.6 Å². The molecule has 2 saturated heterocycles. The van der Waals surface area contributed by atoms with Crippen molar-refractivity contribution in [3.63, 3.8) is 0 Å². The highest BCUT2D eigenvalue weighted by atomic mass is 16.5. The molecule has 9 nitrogen and oxygen atoms in total. The number of hydrogen-bond donors (Lipinski definition) is 5. The minimum atomic E-state index is -1.09. The summed E-state index contributed by atoms with van der Waals surface area (Å²) in [6, 6.07) is 6.62. The molecule has 9 heteroatoms. The van der Waals surface area contributed by atoms with E-state index in [1.54, 1.807) is 7.11 Å². The second-order valence-electron chi connectivity index (χ2n) is 7.39. The molecule has 29 heavy (non-hydrogen) atoms. The smallest absolute Gasteiger partial charge is 0.356 e. The molecule has 0 spiro atoms. The normalized spacial score (nSPS) is 22.4. The van der Waals surface area contributed by atoms with Gasteiger partial charge in [0.05, 0.1) is 31.7 Å². The van der Waals surface area contributed by atoms with Crippen LogP contribution in [0.25, 0.3) is 0 Å². The zero-order valence-electron chi connectivity index (χ0n) is 16.3. The van der Waals surface area contributed by atoms with E-state index in [1.165, 1.54) is 18.0 Å². The zero-order chi connectivity index (χ0) is 20.2. The number of nitrogens with zero attached hydrogens (tertiary/aromatic N) is 2. The third kappa shape index (κ3) is 4.47. The van der Waals surface area contributed by atoms with Crippen LogP contribution in [0, 0.1) is 0 Å². The summed E-state index contributed by atoms with van der Waals surface area (Å²) in [5.74, 6) is 0.898. The van der Waals surface area contributed by atoms with Gasteiger partial charge in [0.2, 0.25) is 0 Å². The molecule has 0 radical (unpaired) electrons. The molecule has 1 aromatic heterocycles. The summed E-state index contributed by atoms with van der Waals surface area (Å²) in [5, 5.41) is 15.5. The average Bonchev–Trinajstić information content (AvgIpc) is 3.22. The van der Waals surface area contributed by atoms with Gasteiger partial charge in [-0.3, -0.25) is 0 Å². The molecule has 0 saturated carbocycles. The maximum absolute atomic E-state index is 10.9. The van der Waals surface area contributed by atoms with Crippen LogP contribution >= 0.6 is 0 Å². The Morgan fingerprint density at radius 2 is 2.03 bits per heavy atom. The number of benzene rings is 1. The van der Waals surface area contributed by atoms with Crippen molar-refractivity contribution in [1.82, 2.24) is 26.1 Å². The van der Waals surface area contributed by atoms with Gasteiger partial charge in [-0.2, -0.15) is 0 Å². The third-order valence-electron chi connectivity index (χ3n) is 5.54. The quantitative estimate of drug-likeness (QED) is 0.494. The van der Waals surface area contributed by atoms with Crippen LogP contribution in [0.1, 0.15) is 52.8 Å². The van der Waals surface area contributed by atoms with Crippen molar-refractivity contribution in [3.8, 4) is 5.75 Å². The molecule has 154 valence electrons. The lowest BCUT2D eigenvalue weighted by atomic mass is 9.88. The minimum absolute atomic E-state index is 0.0706. The van der Waals surface area contributed by atoms with Gasteiger partial charge in [-0.05, 0) is 43.5 Å². The molecule has 0 aliphatic carbocycles. The van der Waals surface area contributed by atoms with Gasteiger partial charge >= 0.3 is 5.97 Å². The van der Waals surface area contributed by atoms with Gasteiger partial charge in [0, 0.05) is 12.0 Å². The van der Waals surface area contributed by atoms with E-state index in [4.69, 9.17) is 9.84 Å². The summed E-state index contributed by atoms with van der Waals surface area (Å²) in [6.45, 7) is 2.12. The number of methoxy groups -OCH3 is 1. The molecule has 1 aromatic carbocycles. The maximum atomic E-state index is 10.9. The largest absolute Gasteiger partial charge is 0.496 e. The minimum Gasteiger partial charge on any atom is -0.496 e. The first-order valence-electron chi connectivity index (χ1n) is 9.85. The molecule has 2 unspecified atom stereocenters. The molecule has 5 N–H and O–H groups in total. The number of rotatable bonds is 6. The Bertz CT molecular complexity index is 854. The molecule has 0 amide bonds. The van der Waals surface area contributed by atoms with Gasteiger partial charge in [-0.25, -0.2) is 25.6 Å². The number of anilines is 1. The fourth-order valence-corrected chi connectivity index (χ4v) is 3.97. The number of piperidine rings is 1. The fraction of sp³-hybridized carbons (Fsp3) is 0.450. The number of carbonyl (C=O) groups is 1. The third-order valence-corrected chi connectivity index (χ3v) is 5.54. The molecule has 0 bridgehead atoms. The first kappa shape index (κ1) is 19.6. The van der Waals surface area contributed by atoms with Gasteiger partial charge in [-0.1, -0.05) is 12.1 Å². The SMILES string of the molecule is COc1cc(C2CCNCC2)ccc1C1CC(Nc2cnc(C(=O)O)cn2)NN1. The topological polar surface area (TPSA) is 120 Å². The molecule has 2 fully saturated rings. The van der Waals surface area contributed by atoms with Crippen LogP contribution in [0.5, 0.6) is 5.75 Å². The lowest BCUT2D eigenvalue weighted by Gasteiger charge is -2.24. The van der Waals surface area contributed by atoms with E-state index in [0.717, 1.165) is 43.7 Å². The molecule has 3 heterocycles. The Balaban J connectivity index is 1.42. The highest BCUT2D eigenvalue weighted by Gasteiger charge is 2.28. The number of carboxylic acid groups (broad SMARTS) is 1. The number of aromatic nitrogens is 2. The summed E-state index contributed by atoms with van der Waals surface area (Å²) in [7, 11) is 1.71. The number of aromatic carboxylic acids is 1. The predicted molar refractivity (Wildman–Crippen MR) is 108 cm³/mol. The van der Waals surface area contributed by atoms with Gasteiger partial charge in [0.25, 0.3) is 0 Å². The van der Waals surface area contributed by atoms with E-state index in [0.29, 0.717) is 11.7 Å². The number of nitrogens with one attached hydrogen (secondary N) is 4. The Hall–Kier alpha value is -2.75. The van der Waals surface area contributed by atoms with Crippen LogP contribution in [-0.2, 0) is 0 Å². The Labute approximate surface area is 169 Å². The van der Waals surface area contributed by atoms with E-state index >= 15 is 0 Å². The Morgan fingerprint density at radius 1 is 1.21 bits per heavy atom. The second-order valence-corrected chi connectivity index (χ2v) is 7.39. The Morgan fingerprint density at radius 3 is 2.72 bits per heavy atom. The van der Waals surface area contributed by atoms with Crippen molar-refractivity contribution in [2.24, 2.45) is 0 Å². The molecule has 2 aliphatic rings. The van der Waals surface area contributed by atoms with E-state index in [2.05, 4.69) is 49.7 Å². The lowest BCUT2D eigenvalue weighted by molar-refractivity contribution is 0.0690. The van der Waals surface area contributed by atoms with Gasteiger partial charge in [-0.15, -0.1) is 0 Å². The molecular formula is C20H26N6O3. The monoisotopic (exact) mass is 398 g/mol. The summed E-state index contributed by atoms with van der Waals surface area (Å²) < 4.78 is 5.70. The standard InChI is InChI=1S/C20H26N6O3/c1-29-17-8-13(12-4-6-21-7-5-12)2-3-14(17)15-9-18(26-25-15)24-19-11-22-16(10-23-19)20(27)28/h2-3,8,10-12,15,18,21,25-26H,4-7,9H2,1H3,(H,23,24)(H,27,28). The molecule has 4 rings (SSSR count). The molecule has 2 aliphatic heterocycles. The molecular weight excluding hydrogens is 372 g/mol. The summed E-state index contributed by atoms with van der Waals surface area (Å²) in [5.41, 5.74) is 8.87. The first-order chi connectivity index (χ1) is 14.1. The van der Waals surface area contributed by atoms with E-state index < -0.39 is 5.97 Å². The summed E-state index contributed by atoms with van der Waals surface area (Å²) in [4.78, 5) is 18.9. The summed E-state index contributed by atoms with van der Waals surface area (Å²) >= 11 is 0. The van der Waals surface area contributed by atoms with E-state index in [9.17, 15) is 4.79 Å². The van der Waals surface area contributed by atoms with E-state index in [-0.39, 0.29) is 17.9 Å². The lowest BCUT2D eigenvalue weighted by Crippen LogP contribution is -2.36. The first-order valence-corrected chi connectivity index (χ1v) is 9.85. The highest BCUT2D eigenvalue weighted by Crippen LogP contribution is 2.35. The van der Waals surface area contributed by atoms with Crippen molar-refractivity contribution < 1.29 is 14.6 Å². The second kappa shape index (κ2) is 8.73. The Kier molecular flexibility index (Phi) is 5.89. The number of hydrazine groups is 1. The van der Waals surface area contributed by atoms with Crippen LogP contribution < -0.4 is 26.2 Å². The van der Waals surface area contributed by atoms with Crippen LogP contribution in [0.2, 0.25) is 0 Å². The molecule has 2 aromatic rings. The fourth-order valence-electron chi connectivity index (χ4n) is 3.97. The van der Waals surface area contributed by atoms with Crippen molar-refractivity contribution in [2.45, 2.75) is 37.4 Å². The van der Waals surface area contributed by atoms with Crippen LogP contribution in [0.4, 0.5) is 5.82 Å². The maximum Gasteiger partial charge on any atom is 0.356 e. The number of hydrogen-bond acceptors (Lipinski definition) is 8. The predicted octanol–water partition coefficient (Wildman–Crippen LogP) is 1.63. The van der Waals surface area contributed by atoms with Crippen molar-refractivity contribution >= 4 is 11.8 Å². The van der Waals surface area contributed by atoms with Crippen molar-refractivity contribution in [3.05, 3.63) is 47.4 Å².